The lowest BCUT2D eigenvalue weighted by molar-refractivity contribution is 0.775. The van der Waals surface area contributed by atoms with Gasteiger partial charge in [-0.15, -0.1) is 0 Å². The van der Waals surface area contributed by atoms with Gasteiger partial charge in [0.2, 0.25) is 0 Å². The third-order valence-electron chi connectivity index (χ3n) is 14.5. The number of aromatic nitrogens is 4. The van der Waals surface area contributed by atoms with Gasteiger partial charge in [0.1, 0.15) is 0 Å². The minimum Gasteiger partial charge on any atom is -0.309 e. The predicted octanol–water partition coefficient (Wildman–Crippen LogP) is 16.3. The fourth-order valence-corrected chi connectivity index (χ4v) is 11.3. The molecule has 2 aromatic heterocycles. The van der Waals surface area contributed by atoms with Gasteiger partial charge in [0.05, 0.1) is 16.4 Å². The summed E-state index contributed by atoms with van der Waals surface area (Å²) in [7, 11) is 0. The molecule has 1 aliphatic rings. The molecule has 0 saturated heterocycles. The fourth-order valence-electron chi connectivity index (χ4n) is 11.3. The van der Waals surface area contributed by atoms with Gasteiger partial charge >= 0.3 is 0 Å². The predicted molar refractivity (Wildman–Crippen MR) is 288 cm³/mol. The van der Waals surface area contributed by atoms with Crippen molar-refractivity contribution in [2.75, 3.05) is 0 Å². The molecule has 2 heterocycles. The molecule has 0 atom stereocenters. The molecular weight excluding hydrogens is 849 g/mol. The molecule has 0 saturated carbocycles. The third kappa shape index (κ3) is 6.20. The van der Waals surface area contributed by atoms with Crippen LogP contribution in [0.2, 0.25) is 0 Å². The number of hydrogen-bond donors (Lipinski definition) is 0. The first kappa shape index (κ1) is 39.9. The SMILES string of the molecule is c1ccc(-c2nc(-c3ccc4ccccc4c3)nc(-c3ccc4ccc5c(c4c3)C(c3ccccc3)(c3ccccc3)c3ccc(-c4ccc6c(c4)c4ccccc4n6-c4ccccc4)cc3-5)n2)cc1. The van der Waals surface area contributed by atoms with E-state index in [9.17, 15) is 0 Å². The third-order valence-corrected chi connectivity index (χ3v) is 14.5. The Bertz CT molecular complexity index is 4120. The molecule has 11 aromatic carbocycles. The Balaban J connectivity index is 0.999. The fraction of sp³-hybridized carbons (Fsp3) is 0.0152. The molecule has 1 aliphatic carbocycles. The van der Waals surface area contributed by atoms with Gasteiger partial charge in [-0.05, 0) is 115 Å². The summed E-state index contributed by atoms with van der Waals surface area (Å²) < 4.78 is 2.38. The zero-order valence-electron chi connectivity index (χ0n) is 38.0. The maximum absolute atomic E-state index is 5.28. The molecule has 0 N–H and O–H groups in total. The van der Waals surface area contributed by atoms with Gasteiger partial charge in [-0.1, -0.05) is 206 Å². The second-order valence-electron chi connectivity index (χ2n) is 18.3. The van der Waals surface area contributed by atoms with Crippen LogP contribution in [0.15, 0.2) is 255 Å². The lowest BCUT2D eigenvalue weighted by Gasteiger charge is -2.34. The van der Waals surface area contributed by atoms with Gasteiger partial charge in [-0.2, -0.15) is 0 Å². The molecule has 0 aliphatic heterocycles. The zero-order chi connectivity index (χ0) is 46.2. The van der Waals surface area contributed by atoms with Crippen LogP contribution >= 0.6 is 0 Å². The Morgan fingerprint density at radius 1 is 0.300 bits per heavy atom. The van der Waals surface area contributed by atoms with Crippen LogP contribution in [-0.2, 0) is 5.41 Å². The highest BCUT2D eigenvalue weighted by Crippen LogP contribution is 2.59. The molecule has 0 bridgehead atoms. The summed E-state index contributed by atoms with van der Waals surface area (Å²) in [6.07, 6.45) is 0. The zero-order valence-corrected chi connectivity index (χ0v) is 38.0. The average Bonchev–Trinajstić information content (AvgIpc) is 3.94. The van der Waals surface area contributed by atoms with Crippen LogP contribution in [-0.4, -0.2) is 19.5 Å². The maximum atomic E-state index is 5.28. The van der Waals surface area contributed by atoms with Crippen LogP contribution in [0.3, 0.4) is 0 Å². The van der Waals surface area contributed by atoms with Gasteiger partial charge in [0.25, 0.3) is 0 Å². The molecule has 0 amide bonds. The monoisotopic (exact) mass is 890 g/mol. The molecule has 13 aromatic rings. The number of fused-ring (bicyclic) bond motifs is 9. The van der Waals surface area contributed by atoms with Crippen molar-refractivity contribution >= 4 is 43.4 Å². The maximum Gasteiger partial charge on any atom is 0.164 e. The van der Waals surface area contributed by atoms with E-state index in [2.05, 4.69) is 241 Å². The standard InChI is InChI=1S/C66H42N4/c1-5-18-45(19-6-1)63-67-64(49-31-29-43-17-13-14-20-46(43)39-49)69-65(68-63)50-32-30-44-33-36-55-57-40-47(48-35-38-61-58(41-48)54-27-15-16-28-60(54)70(61)53-25-11-4-12-26-53)34-37-59(57)66(62(55)56(44)42-50,51-21-7-2-8-22-51)52-23-9-3-10-24-52/h1-42H. The molecule has 4 heteroatoms. The van der Waals surface area contributed by atoms with Crippen LogP contribution in [0.1, 0.15) is 22.3 Å². The summed E-state index contributed by atoms with van der Waals surface area (Å²) in [5.74, 6) is 1.90. The summed E-state index contributed by atoms with van der Waals surface area (Å²) in [5.41, 5.74) is 15.5. The molecule has 0 radical (unpaired) electrons. The first-order valence-corrected chi connectivity index (χ1v) is 23.9. The molecule has 0 fully saturated rings. The highest BCUT2D eigenvalue weighted by molar-refractivity contribution is 6.11. The van der Waals surface area contributed by atoms with Crippen molar-refractivity contribution in [3.05, 3.63) is 277 Å². The van der Waals surface area contributed by atoms with Crippen LogP contribution in [0.4, 0.5) is 0 Å². The molecule has 14 rings (SSSR count). The number of hydrogen-bond acceptors (Lipinski definition) is 3. The van der Waals surface area contributed by atoms with Gasteiger partial charge < -0.3 is 4.57 Å². The van der Waals surface area contributed by atoms with E-state index in [1.165, 1.54) is 71.7 Å². The first-order chi connectivity index (χ1) is 34.7. The van der Waals surface area contributed by atoms with Crippen LogP contribution in [0.5, 0.6) is 0 Å². The van der Waals surface area contributed by atoms with Gasteiger partial charge in [0, 0.05) is 33.2 Å². The van der Waals surface area contributed by atoms with E-state index in [1.807, 2.05) is 18.2 Å². The molecule has 0 unspecified atom stereocenters. The highest BCUT2D eigenvalue weighted by Gasteiger charge is 2.47. The van der Waals surface area contributed by atoms with E-state index < -0.39 is 5.41 Å². The first-order valence-electron chi connectivity index (χ1n) is 23.9. The number of benzene rings is 11. The number of rotatable bonds is 7. The summed E-state index contributed by atoms with van der Waals surface area (Å²) in [4.78, 5) is 15.6. The van der Waals surface area contributed by atoms with Crippen molar-refractivity contribution in [2.45, 2.75) is 5.41 Å². The van der Waals surface area contributed by atoms with E-state index in [0.29, 0.717) is 17.5 Å². The van der Waals surface area contributed by atoms with Crippen molar-refractivity contribution in [2.24, 2.45) is 0 Å². The van der Waals surface area contributed by atoms with E-state index in [-0.39, 0.29) is 0 Å². The molecule has 4 nitrogen and oxygen atoms in total. The Morgan fingerprint density at radius 3 is 1.54 bits per heavy atom. The minimum absolute atomic E-state index is 0.628. The lowest BCUT2D eigenvalue weighted by atomic mass is 9.66. The summed E-state index contributed by atoms with van der Waals surface area (Å²) in [5, 5.41) is 7.10. The van der Waals surface area contributed by atoms with Crippen LogP contribution in [0, 0.1) is 0 Å². The number of nitrogens with zero attached hydrogens (tertiary/aromatic N) is 4. The molecule has 326 valence electrons. The van der Waals surface area contributed by atoms with Gasteiger partial charge in [0.15, 0.2) is 17.5 Å². The van der Waals surface area contributed by atoms with Crippen LogP contribution < -0.4 is 0 Å². The van der Waals surface area contributed by atoms with Crippen molar-refractivity contribution in [1.82, 2.24) is 19.5 Å². The number of para-hydroxylation sites is 2. The van der Waals surface area contributed by atoms with E-state index in [0.717, 1.165) is 38.5 Å². The van der Waals surface area contributed by atoms with Crippen molar-refractivity contribution in [3.8, 4) is 62.1 Å². The lowest BCUT2D eigenvalue weighted by Crippen LogP contribution is -2.28. The Hall–Kier alpha value is -9.25. The largest absolute Gasteiger partial charge is 0.309 e. The second-order valence-corrected chi connectivity index (χ2v) is 18.3. The van der Waals surface area contributed by atoms with E-state index in [1.54, 1.807) is 0 Å². The quantitative estimate of drug-likeness (QED) is 0.160. The van der Waals surface area contributed by atoms with Crippen molar-refractivity contribution in [3.63, 3.8) is 0 Å². The molecular formula is C66H42N4. The Labute approximate surface area is 405 Å². The van der Waals surface area contributed by atoms with Gasteiger partial charge in [-0.3, -0.25) is 0 Å². The van der Waals surface area contributed by atoms with Crippen molar-refractivity contribution < 1.29 is 0 Å². The molecule has 70 heavy (non-hydrogen) atoms. The van der Waals surface area contributed by atoms with Gasteiger partial charge in [-0.25, -0.2) is 15.0 Å². The second kappa shape index (κ2) is 15.9. The van der Waals surface area contributed by atoms with E-state index >= 15 is 0 Å². The summed E-state index contributed by atoms with van der Waals surface area (Å²) >= 11 is 0. The topological polar surface area (TPSA) is 43.6 Å². The smallest absolute Gasteiger partial charge is 0.164 e. The summed E-state index contributed by atoms with van der Waals surface area (Å²) in [6.45, 7) is 0. The normalized spacial score (nSPS) is 12.7. The molecule has 0 spiro atoms. The Morgan fingerprint density at radius 2 is 0.814 bits per heavy atom. The van der Waals surface area contributed by atoms with Crippen LogP contribution in [0.25, 0.3) is 105 Å². The summed E-state index contributed by atoms with van der Waals surface area (Å²) in [6, 6.07) is 92.1. The van der Waals surface area contributed by atoms with Crippen molar-refractivity contribution in [1.29, 1.82) is 0 Å². The minimum atomic E-state index is -0.637. The average molecular weight is 891 g/mol. The van der Waals surface area contributed by atoms with E-state index in [4.69, 9.17) is 15.0 Å². The highest BCUT2D eigenvalue weighted by atomic mass is 15.0. The Kier molecular flexibility index (Phi) is 9.08.